The van der Waals surface area contributed by atoms with Gasteiger partial charge < -0.3 is 9.64 Å². The Hall–Kier alpha value is -0.810. The number of carbonyl (C=O) groups excluding carboxylic acids is 1. The molecule has 1 aromatic heterocycles. The highest BCUT2D eigenvalue weighted by atomic mass is 35.5. The number of thiazole rings is 1. The summed E-state index contributed by atoms with van der Waals surface area (Å²) in [4.78, 5) is 18.2. The van der Waals surface area contributed by atoms with Gasteiger partial charge in [0.2, 0.25) is 0 Å². The van der Waals surface area contributed by atoms with Gasteiger partial charge in [-0.3, -0.25) is 0 Å². The van der Waals surface area contributed by atoms with Gasteiger partial charge in [0.1, 0.15) is 0 Å². The van der Waals surface area contributed by atoms with E-state index in [1.165, 1.54) is 18.4 Å². The molecule has 0 aromatic carbocycles. The number of nitrogens with zero attached hydrogens (tertiary/aromatic N) is 2. The average Bonchev–Trinajstić information content (AvgIpc) is 2.70. The molecule has 1 heterocycles. The number of hydrogen-bond donors (Lipinski definition) is 0. The van der Waals surface area contributed by atoms with E-state index in [2.05, 4.69) is 35.4 Å². The summed E-state index contributed by atoms with van der Waals surface area (Å²) in [6.07, 6.45) is 1.01. The second kappa shape index (κ2) is 6.21. The lowest BCUT2D eigenvalue weighted by Crippen LogP contribution is -2.32. The highest BCUT2D eigenvalue weighted by Crippen LogP contribution is 2.31. The Morgan fingerprint density at radius 3 is 2.71 bits per heavy atom. The zero-order valence-corrected chi connectivity index (χ0v) is 12.1. The van der Waals surface area contributed by atoms with E-state index in [1.54, 1.807) is 0 Å². The lowest BCUT2D eigenvalue weighted by atomic mass is 10.2. The van der Waals surface area contributed by atoms with Gasteiger partial charge in [-0.05, 0) is 20.3 Å². The summed E-state index contributed by atoms with van der Waals surface area (Å²) in [7, 11) is 1.34. The molecule has 1 aromatic rings. The van der Waals surface area contributed by atoms with Gasteiger partial charge >= 0.3 is 5.97 Å². The molecule has 6 heteroatoms. The molecule has 0 saturated carbocycles. The van der Waals surface area contributed by atoms with Crippen molar-refractivity contribution in [1.82, 2.24) is 4.98 Å². The van der Waals surface area contributed by atoms with Crippen molar-refractivity contribution in [2.24, 2.45) is 0 Å². The number of rotatable bonds is 5. The molecule has 0 bridgehead atoms. The largest absolute Gasteiger partial charge is 0.465 e. The van der Waals surface area contributed by atoms with E-state index < -0.39 is 5.97 Å². The lowest BCUT2D eigenvalue weighted by molar-refractivity contribution is 0.0606. The number of ether oxygens (including phenoxy) is 1. The molecule has 0 saturated heterocycles. The van der Waals surface area contributed by atoms with Crippen LogP contribution < -0.4 is 4.90 Å². The molecule has 4 nitrogen and oxygen atoms in total. The first-order valence-electron chi connectivity index (χ1n) is 5.56. The second-order valence-electron chi connectivity index (χ2n) is 3.65. The number of aromatic nitrogens is 1. The van der Waals surface area contributed by atoms with Crippen LogP contribution in [0.15, 0.2) is 0 Å². The highest BCUT2D eigenvalue weighted by Gasteiger charge is 2.21. The standard InChI is InChI=1S/C11H17ClN2O2S/c1-5-7(3)14(6-2)11-13-9(12)8(17-11)10(15)16-4/h7H,5-6H2,1-4H3. The van der Waals surface area contributed by atoms with Gasteiger partial charge in [0, 0.05) is 12.6 Å². The van der Waals surface area contributed by atoms with E-state index in [4.69, 9.17) is 11.6 Å². The van der Waals surface area contributed by atoms with Crippen LogP contribution in [0.1, 0.15) is 36.9 Å². The minimum absolute atomic E-state index is 0.221. The molecule has 1 atom stereocenters. The van der Waals surface area contributed by atoms with Crippen molar-refractivity contribution in [1.29, 1.82) is 0 Å². The Labute approximate surface area is 111 Å². The van der Waals surface area contributed by atoms with Crippen LogP contribution in [0.3, 0.4) is 0 Å². The minimum atomic E-state index is -0.432. The van der Waals surface area contributed by atoms with Crippen LogP contribution in [-0.4, -0.2) is 30.6 Å². The number of hydrogen-bond acceptors (Lipinski definition) is 5. The SMILES string of the molecule is CCC(C)N(CC)c1nc(Cl)c(C(=O)OC)s1. The summed E-state index contributed by atoms with van der Waals surface area (Å²) in [6, 6.07) is 0.368. The molecule has 0 aliphatic rings. The van der Waals surface area contributed by atoms with Crippen LogP contribution in [0.25, 0.3) is 0 Å². The topological polar surface area (TPSA) is 42.4 Å². The quantitative estimate of drug-likeness (QED) is 0.775. The third kappa shape index (κ3) is 3.10. The molecular formula is C11H17ClN2O2S. The molecule has 17 heavy (non-hydrogen) atoms. The van der Waals surface area contributed by atoms with Crippen LogP contribution in [0.5, 0.6) is 0 Å². The van der Waals surface area contributed by atoms with Crippen molar-refractivity contribution in [2.45, 2.75) is 33.2 Å². The molecule has 0 amide bonds. The molecule has 1 rings (SSSR count). The van der Waals surface area contributed by atoms with Crippen molar-refractivity contribution in [2.75, 3.05) is 18.6 Å². The maximum atomic E-state index is 11.4. The summed E-state index contributed by atoms with van der Waals surface area (Å²) in [5.74, 6) is -0.432. The van der Waals surface area contributed by atoms with E-state index >= 15 is 0 Å². The predicted molar refractivity (Wildman–Crippen MR) is 71.2 cm³/mol. The zero-order chi connectivity index (χ0) is 13.0. The van der Waals surface area contributed by atoms with Gasteiger partial charge in [-0.15, -0.1) is 0 Å². The fourth-order valence-corrected chi connectivity index (χ4v) is 2.85. The van der Waals surface area contributed by atoms with Crippen LogP contribution in [0.4, 0.5) is 5.13 Å². The van der Waals surface area contributed by atoms with Gasteiger partial charge in [-0.1, -0.05) is 29.9 Å². The van der Waals surface area contributed by atoms with E-state index in [9.17, 15) is 4.79 Å². The third-order valence-electron chi connectivity index (χ3n) is 2.65. The van der Waals surface area contributed by atoms with Crippen molar-refractivity contribution in [3.05, 3.63) is 10.0 Å². The lowest BCUT2D eigenvalue weighted by Gasteiger charge is -2.26. The van der Waals surface area contributed by atoms with Crippen molar-refractivity contribution < 1.29 is 9.53 Å². The van der Waals surface area contributed by atoms with Crippen LogP contribution >= 0.6 is 22.9 Å². The van der Waals surface area contributed by atoms with Gasteiger partial charge in [0.15, 0.2) is 15.2 Å². The number of anilines is 1. The second-order valence-corrected chi connectivity index (χ2v) is 4.99. The molecule has 0 radical (unpaired) electrons. The van der Waals surface area contributed by atoms with Crippen molar-refractivity contribution in [3.8, 4) is 0 Å². The van der Waals surface area contributed by atoms with Gasteiger partial charge in [0.25, 0.3) is 0 Å². The average molecular weight is 277 g/mol. The zero-order valence-electron chi connectivity index (χ0n) is 10.5. The normalized spacial score (nSPS) is 12.3. The number of methoxy groups -OCH3 is 1. The Balaban J connectivity index is 3.02. The summed E-state index contributed by atoms with van der Waals surface area (Å²) in [6.45, 7) is 7.12. The fraction of sp³-hybridized carbons (Fsp3) is 0.636. The molecular weight excluding hydrogens is 260 g/mol. The van der Waals surface area contributed by atoms with E-state index in [0.29, 0.717) is 10.9 Å². The van der Waals surface area contributed by atoms with Gasteiger partial charge in [-0.25, -0.2) is 9.78 Å². The first kappa shape index (κ1) is 14.3. The van der Waals surface area contributed by atoms with Crippen LogP contribution in [0, 0.1) is 0 Å². The molecule has 0 aliphatic carbocycles. The first-order valence-corrected chi connectivity index (χ1v) is 6.75. The van der Waals surface area contributed by atoms with E-state index in [-0.39, 0.29) is 5.15 Å². The molecule has 0 fully saturated rings. The number of carbonyl (C=O) groups is 1. The van der Waals surface area contributed by atoms with Crippen molar-refractivity contribution in [3.63, 3.8) is 0 Å². The monoisotopic (exact) mass is 276 g/mol. The van der Waals surface area contributed by atoms with Crippen LogP contribution in [0.2, 0.25) is 5.15 Å². The summed E-state index contributed by atoms with van der Waals surface area (Å²) in [5, 5.41) is 0.992. The summed E-state index contributed by atoms with van der Waals surface area (Å²) >= 11 is 7.22. The summed E-state index contributed by atoms with van der Waals surface area (Å²) < 4.78 is 4.66. The Morgan fingerprint density at radius 1 is 1.59 bits per heavy atom. The highest BCUT2D eigenvalue weighted by molar-refractivity contribution is 7.18. The Bertz CT molecular complexity index is 395. The predicted octanol–water partition coefficient (Wildman–Crippen LogP) is 3.21. The maximum absolute atomic E-state index is 11.4. The number of esters is 1. The van der Waals surface area contributed by atoms with E-state index in [0.717, 1.165) is 18.1 Å². The minimum Gasteiger partial charge on any atom is -0.465 e. The van der Waals surface area contributed by atoms with Gasteiger partial charge in [0.05, 0.1) is 7.11 Å². The maximum Gasteiger partial charge on any atom is 0.351 e. The molecule has 96 valence electrons. The summed E-state index contributed by atoms with van der Waals surface area (Å²) in [5.41, 5.74) is 0. The molecule has 0 N–H and O–H groups in total. The third-order valence-corrected chi connectivity index (χ3v) is 4.11. The molecule has 0 aliphatic heterocycles. The van der Waals surface area contributed by atoms with Gasteiger partial charge in [-0.2, -0.15) is 0 Å². The van der Waals surface area contributed by atoms with Crippen molar-refractivity contribution >= 4 is 34.0 Å². The Morgan fingerprint density at radius 2 is 2.24 bits per heavy atom. The molecule has 1 unspecified atom stereocenters. The number of halogens is 1. The fourth-order valence-electron chi connectivity index (χ4n) is 1.49. The van der Waals surface area contributed by atoms with E-state index in [1.807, 2.05) is 0 Å². The Kier molecular flexibility index (Phi) is 5.21. The molecule has 0 spiro atoms. The smallest absolute Gasteiger partial charge is 0.351 e. The van der Waals surface area contributed by atoms with Crippen LogP contribution in [-0.2, 0) is 4.74 Å². The first-order chi connectivity index (χ1) is 8.04.